The van der Waals surface area contributed by atoms with Crippen molar-refractivity contribution >= 4 is 17.4 Å². The average molecular weight is 319 g/mol. The van der Waals surface area contributed by atoms with Gasteiger partial charge in [0.05, 0.1) is 0 Å². The highest BCUT2D eigenvalue weighted by molar-refractivity contribution is 8.00. The van der Waals surface area contributed by atoms with E-state index in [-0.39, 0.29) is 28.8 Å². The third-order valence-corrected chi connectivity index (χ3v) is 3.34. The Kier molecular flexibility index (Phi) is 4.72. The van der Waals surface area contributed by atoms with E-state index < -0.39 is 17.1 Å². The van der Waals surface area contributed by atoms with Gasteiger partial charge in [-0.05, 0) is 42.1 Å². The van der Waals surface area contributed by atoms with E-state index in [1.165, 1.54) is 36.4 Å². The van der Waals surface area contributed by atoms with Crippen molar-refractivity contribution in [1.82, 2.24) is 0 Å². The predicted octanol–water partition coefficient (Wildman–Crippen LogP) is 5.19. The van der Waals surface area contributed by atoms with Crippen LogP contribution in [0.1, 0.15) is 5.56 Å². The third-order valence-electron chi connectivity index (χ3n) is 2.60. The maximum Gasteiger partial charge on any atom is 0.446 e. The first-order chi connectivity index (χ1) is 9.85. The van der Waals surface area contributed by atoms with Crippen LogP contribution in [0.3, 0.4) is 0 Å². The highest BCUT2D eigenvalue weighted by atomic mass is 32.2. The Bertz CT molecular complexity index is 610. The van der Waals surface area contributed by atoms with Crippen molar-refractivity contribution < 1.29 is 22.0 Å². The number of hydrogen-bond acceptors (Lipinski definition) is 2. The molecule has 0 aliphatic carbocycles. The molecule has 0 aliphatic rings. The largest absolute Gasteiger partial charge is 0.446 e. The smallest absolute Gasteiger partial charge is 0.381 e. The molecule has 0 fully saturated rings. The Morgan fingerprint density at radius 1 is 0.952 bits per heavy atom. The third kappa shape index (κ3) is 4.63. The molecule has 0 bridgehead atoms. The molecule has 1 nitrogen and oxygen atoms in total. The summed E-state index contributed by atoms with van der Waals surface area (Å²) in [6.07, 6.45) is 0. The molecular weight excluding hydrogens is 309 g/mol. The molecule has 0 atom stereocenters. The van der Waals surface area contributed by atoms with Crippen LogP contribution < -0.4 is 5.32 Å². The zero-order valence-corrected chi connectivity index (χ0v) is 11.4. The summed E-state index contributed by atoms with van der Waals surface area (Å²) < 4.78 is 62.9. The van der Waals surface area contributed by atoms with Crippen molar-refractivity contribution in [1.29, 1.82) is 0 Å². The summed E-state index contributed by atoms with van der Waals surface area (Å²) in [4.78, 5) is 0.0602. The lowest BCUT2D eigenvalue weighted by atomic mass is 10.2. The van der Waals surface area contributed by atoms with E-state index in [4.69, 9.17) is 0 Å². The van der Waals surface area contributed by atoms with Crippen LogP contribution in [0.25, 0.3) is 0 Å². The van der Waals surface area contributed by atoms with Crippen LogP contribution in [0.15, 0.2) is 47.4 Å². The average Bonchev–Trinajstić information content (AvgIpc) is 2.40. The first kappa shape index (κ1) is 15.6. The van der Waals surface area contributed by atoms with Crippen LogP contribution in [0.4, 0.5) is 27.6 Å². The minimum atomic E-state index is -4.33. The minimum absolute atomic E-state index is 0.0371. The van der Waals surface area contributed by atoms with Crippen LogP contribution in [0.5, 0.6) is 0 Å². The van der Waals surface area contributed by atoms with Gasteiger partial charge in [0.2, 0.25) is 0 Å². The van der Waals surface area contributed by atoms with E-state index in [9.17, 15) is 22.0 Å². The first-order valence-corrected chi connectivity index (χ1v) is 6.69. The molecule has 2 aromatic rings. The molecule has 0 spiro atoms. The molecular formula is C14H10F5NS. The molecule has 0 saturated carbocycles. The summed E-state index contributed by atoms with van der Waals surface area (Å²) in [6, 6.07) is 9.35. The molecule has 0 unspecified atom stereocenters. The Hall–Kier alpha value is -1.76. The van der Waals surface area contributed by atoms with Crippen LogP contribution in [0, 0.1) is 11.6 Å². The van der Waals surface area contributed by atoms with E-state index in [2.05, 4.69) is 5.32 Å². The number of alkyl halides is 3. The standard InChI is InChI=1S/C14H10F5NS/c15-12-3-1-2-9(13(12)16)8-20-10-4-6-11(7-5-10)21-14(17,18)19/h1-7,20H,8H2. The fraction of sp³-hybridized carbons (Fsp3) is 0.143. The second-order valence-electron chi connectivity index (χ2n) is 4.14. The first-order valence-electron chi connectivity index (χ1n) is 5.88. The van der Waals surface area contributed by atoms with Gasteiger partial charge in [0.15, 0.2) is 11.6 Å². The lowest BCUT2D eigenvalue weighted by Gasteiger charge is -2.09. The maximum absolute atomic E-state index is 13.4. The number of nitrogens with one attached hydrogen (secondary N) is 1. The van der Waals surface area contributed by atoms with E-state index in [0.29, 0.717) is 5.69 Å². The molecule has 0 amide bonds. The zero-order valence-electron chi connectivity index (χ0n) is 10.5. The molecule has 7 heteroatoms. The van der Waals surface area contributed by atoms with Gasteiger partial charge in [-0.25, -0.2) is 8.78 Å². The summed E-state index contributed by atoms with van der Waals surface area (Å²) in [5.41, 5.74) is -3.67. The van der Waals surface area contributed by atoms with E-state index in [1.807, 2.05) is 0 Å². The van der Waals surface area contributed by atoms with Gasteiger partial charge in [-0.2, -0.15) is 13.2 Å². The van der Waals surface area contributed by atoms with Crippen molar-refractivity contribution in [2.24, 2.45) is 0 Å². The van der Waals surface area contributed by atoms with Crippen molar-refractivity contribution in [2.75, 3.05) is 5.32 Å². The van der Waals surface area contributed by atoms with Crippen LogP contribution in [-0.2, 0) is 6.54 Å². The normalized spacial score (nSPS) is 11.5. The van der Waals surface area contributed by atoms with Gasteiger partial charge in [0, 0.05) is 22.7 Å². The lowest BCUT2D eigenvalue weighted by molar-refractivity contribution is -0.0328. The molecule has 0 aliphatic heterocycles. The monoisotopic (exact) mass is 319 g/mol. The number of hydrogen-bond donors (Lipinski definition) is 1. The van der Waals surface area contributed by atoms with Gasteiger partial charge in [0.25, 0.3) is 0 Å². The second-order valence-corrected chi connectivity index (χ2v) is 5.28. The molecule has 2 rings (SSSR count). The molecule has 21 heavy (non-hydrogen) atoms. The molecule has 1 N–H and O–H groups in total. The van der Waals surface area contributed by atoms with Gasteiger partial charge in [-0.15, -0.1) is 0 Å². The molecule has 0 radical (unpaired) electrons. The van der Waals surface area contributed by atoms with Gasteiger partial charge < -0.3 is 5.32 Å². The fourth-order valence-electron chi connectivity index (χ4n) is 1.66. The van der Waals surface area contributed by atoms with Gasteiger partial charge >= 0.3 is 5.51 Å². The predicted molar refractivity (Wildman–Crippen MR) is 72.0 cm³/mol. The van der Waals surface area contributed by atoms with E-state index in [0.717, 1.165) is 6.07 Å². The second kappa shape index (κ2) is 6.34. The molecule has 2 aromatic carbocycles. The molecule has 0 saturated heterocycles. The van der Waals surface area contributed by atoms with Crippen LogP contribution in [0.2, 0.25) is 0 Å². The highest BCUT2D eigenvalue weighted by Gasteiger charge is 2.28. The lowest BCUT2D eigenvalue weighted by Crippen LogP contribution is -2.03. The van der Waals surface area contributed by atoms with Crippen molar-refractivity contribution in [2.45, 2.75) is 16.9 Å². The van der Waals surface area contributed by atoms with Gasteiger partial charge in [0.1, 0.15) is 0 Å². The summed E-state index contributed by atoms with van der Waals surface area (Å²) in [6.45, 7) is 0.0371. The Balaban J connectivity index is 1.99. The summed E-state index contributed by atoms with van der Waals surface area (Å²) in [5.74, 6) is -1.87. The number of anilines is 1. The highest BCUT2D eigenvalue weighted by Crippen LogP contribution is 2.37. The zero-order chi connectivity index (χ0) is 15.5. The van der Waals surface area contributed by atoms with E-state index >= 15 is 0 Å². The number of rotatable bonds is 4. The number of halogens is 5. The number of benzene rings is 2. The van der Waals surface area contributed by atoms with Crippen molar-refractivity contribution in [3.63, 3.8) is 0 Å². The van der Waals surface area contributed by atoms with Crippen LogP contribution >= 0.6 is 11.8 Å². The number of thioether (sulfide) groups is 1. The Morgan fingerprint density at radius 3 is 2.24 bits per heavy atom. The van der Waals surface area contributed by atoms with Crippen molar-refractivity contribution in [3.8, 4) is 0 Å². The Morgan fingerprint density at radius 2 is 1.62 bits per heavy atom. The topological polar surface area (TPSA) is 12.0 Å². The summed E-state index contributed by atoms with van der Waals surface area (Å²) in [5, 5.41) is 2.82. The molecule has 0 heterocycles. The Labute approximate surface area is 122 Å². The van der Waals surface area contributed by atoms with Crippen LogP contribution in [-0.4, -0.2) is 5.51 Å². The van der Waals surface area contributed by atoms with Gasteiger partial charge in [-0.3, -0.25) is 0 Å². The minimum Gasteiger partial charge on any atom is -0.381 e. The van der Waals surface area contributed by atoms with Gasteiger partial charge in [-0.1, -0.05) is 12.1 Å². The maximum atomic E-state index is 13.4. The molecule has 112 valence electrons. The quantitative estimate of drug-likeness (QED) is 0.615. The van der Waals surface area contributed by atoms with E-state index in [1.54, 1.807) is 0 Å². The van der Waals surface area contributed by atoms with Crippen molar-refractivity contribution in [3.05, 3.63) is 59.7 Å². The molecule has 0 aromatic heterocycles. The SMILES string of the molecule is Fc1cccc(CNc2ccc(SC(F)(F)F)cc2)c1F. The fourth-order valence-corrected chi connectivity index (χ4v) is 2.20. The summed E-state index contributed by atoms with van der Waals surface area (Å²) in [7, 11) is 0. The summed E-state index contributed by atoms with van der Waals surface area (Å²) >= 11 is -0.209.